The molecule has 0 bridgehead atoms. The fourth-order valence-corrected chi connectivity index (χ4v) is 2.87. The average molecular weight is 289 g/mol. The van der Waals surface area contributed by atoms with Gasteiger partial charge in [0, 0.05) is 37.5 Å². The molecule has 1 aliphatic heterocycles. The predicted molar refractivity (Wildman–Crippen MR) is 78.6 cm³/mol. The van der Waals surface area contributed by atoms with Crippen molar-refractivity contribution in [2.75, 3.05) is 6.61 Å². The summed E-state index contributed by atoms with van der Waals surface area (Å²) in [5.74, 6) is 1.55. The van der Waals surface area contributed by atoms with Gasteiger partial charge in [0.05, 0.1) is 12.6 Å². The highest BCUT2D eigenvalue weighted by molar-refractivity contribution is 5.38. The molecule has 2 atom stereocenters. The molecule has 5 heteroatoms. The van der Waals surface area contributed by atoms with Crippen LogP contribution in [0.5, 0.6) is 5.75 Å². The molecule has 0 saturated carbocycles. The minimum absolute atomic E-state index is 0.0890. The van der Waals surface area contributed by atoms with Crippen molar-refractivity contribution >= 4 is 0 Å². The number of rotatable bonds is 4. The molecule has 4 nitrogen and oxygen atoms in total. The van der Waals surface area contributed by atoms with E-state index in [9.17, 15) is 4.39 Å². The van der Waals surface area contributed by atoms with Crippen molar-refractivity contribution in [3.8, 4) is 5.75 Å². The molecule has 0 radical (unpaired) electrons. The van der Waals surface area contributed by atoms with E-state index in [0.29, 0.717) is 6.61 Å². The molecule has 1 aromatic carbocycles. The number of ether oxygens (including phenoxy) is 1. The van der Waals surface area contributed by atoms with Gasteiger partial charge in [0.15, 0.2) is 0 Å². The third-order valence-electron chi connectivity index (χ3n) is 3.99. The molecule has 3 rings (SSSR count). The van der Waals surface area contributed by atoms with Crippen molar-refractivity contribution in [2.24, 2.45) is 7.05 Å². The number of hydrogen-bond donors (Lipinski definition) is 1. The van der Waals surface area contributed by atoms with Gasteiger partial charge in [0.1, 0.15) is 17.4 Å². The molecule has 21 heavy (non-hydrogen) atoms. The standard InChI is InChI=1S/C16H20FN3O/c1-3-13(16-18-7-8-20(16)2)19-14-6-9-21-15-5-4-11(17)10-12(14)15/h4-5,7-8,10,13-14,19H,3,6,9H2,1-2H3. The van der Waals surface area contributed by atoms with Gasteiger partial charge in [-0.3, -0.25) is 0 Å². The number of nitrogens with zero attached hydrogens (tertiary/aromatic N) is 2. The highest BCUT2D eigenvalue weighted by Crippen LogP contribution is 2.34. The Bertz CT molecular complexity index is 626. The van der Waals surface area contributed by atoms with E-state index in [-0.39, 0.29) is 17.9 Å². The van der Waals surface area contributed by atoms with Crippen molar-refractivity contribution in [2.45, 2.75) is 31.8 Å². The first-order chi connectivity index (χ1) is 10.2. The molecule has 2 heterocycles. The third kappa shape index (κ3) is 2.78. The van der Waals surface area contributed by atoms with E-state index in [1.54, 1.807) is 18.3 Å². The first-order valence-electron chi connectivity index (χ1n) is 7.34. The maximum absolute atomic E-state index is 13.5. The van der Waals surface area contributed by atoms with Crippen LogP contribution in [0.15, 0.2) is 30.6 Å². The molecule has 1 aliphatic rings. The van der Waals surface area contributed by atoms with Crippen LogP contribution in [0.4, 0.5) is 4.39 Å². The molecule has 1 aromatic heterocycles. The van der Waals surface area contributed by atoms with Crippen LogP contribution < -0.4 is 10.1 Å². The van der Waals surface area contributed by atoms with Gasteiger partial charge in [0.25, 0.3) is 0 Å². The van der Waals surface area contributed by atoms with E-state index in [2.05, 4.69) is 17.2 Å². The average Bonchev–Trinajstić information content (AvgIpc) is 2.91. The summed E-state index contributed by atoms with van der Waals surface area (Å²) in [4.78, 5) is 4.42. The van der Waals surface area contributed by atoms with Crippen LogP contribution in [0, 0.1) is 5.82 Å². The first kappa shape index (κ1) is 14.1. The molecule has 0 aliphatic carbocycles. The first-order valence-corrected chi connectivity index (χ1v) is 7.34. The van der Waals surface area contributed by atoms with Crippen LogP contribution >= 0.6 is 0 Å². The quantitative estimate of drug-likeness (QED) is 0.940. The summed E-state index contributed by atoms with van der Waals surface area (Å²) in [5, 5.41) is 3.60. The Morgan fingerprint density at radius 2 is 2.38 bits per heavy atom. The second-order valence-corrected chi connectivity index (χ2v) is 5.40. The predicted octanol–water partition coefficient (Wildman–Crippen LogP) is 3.12. The lowest BCUT2D eigenvalue weighted by atomic mass is 9.99. The summed E-state index contributed by atoms with van der Waals surface area (Å²) >= 11 is 0. The van der Waals surface area contributed by atoms with E-state index in [0.717, 1.165) is 30.0 Å². The van der Waals surface area contributed by atoms with E-state index in [4.69, 9.17) is 4.74 Å². The Morgan fingerprint density at radius 3 is 3.10 bits per heavy atom. The van der Waals surface area contributed by atoms with E-state index in [1.807, 2.05) is 17.8 Å². The summed E-state index contributed by atoms with van der Waals surface area (Å²) in [6, 6.07) is 4.95. The van der Waals surface area contributed by atoms with Gasteiger partial charge in [-0.25, -0.2) is 9.37 Å². The van der Waals surface area contributed by atoms with Crippen LogP contribution in [-0.4, -0.2) is 16.2 Å². The van der Waals surface area contributed by atoms with E-state index < -0.39 is 0 Å². The van der Waals surface area contributed by atoms with Crippen LogP contribution in [0.2, 0.25) is 0 Å². The molecule has 2 aromatic rings. The normalized spacial score (nSPS) is 18.9. The number of benzene rings is 1. The summed E-state index contributed by atoms with van der Waals surface area (Å²) in [5.41, 5.74) is 0.897. The number of hydrogen-bond acceptors (Lipinski definition) is 3. The minimum Gasteiger partial charge on any atom is -0.493 e. The van der Waals surface area contributed by atoms with Gasteiger partial charge in [0.2, 0.25) is 0 Å². The topological polar surface area (TPSA) is 39.1 Å². The van der Waals surface area contributed by atoms with Crippen molar-refractivity contribution in [1.82, 2.24) is 14.9 Å². The summed E-state index contributed by atoms with van der Waals surface area (Å²) in [6.45, 7) is 2.77. The number of aryl methyl sites for hydroxylation is 1. The number of aromatic nitrogens is 2. The second-order valence-electron chi connectivity index (χ2n) is 5.40. The molecular formula is C16H20FN3O. The number of nitrogens with one attached hydrogen (secondary N) is 1. The fraction of sp³-hybridized carbons (Fsp3) is 0.438. The zero-order chi connectivity index (χ0) is 14.8. The molecule has 0 saturated heterocycles. The van der Waals surface area contributed by atoms with Crippen LogP contribution in [-0.2, 0) is 7.05 Å². The highest BCUT2D eigenvalue weighted by atomic mass is 19.1. The maximum Gasteiger partial charge on any atom is 0.125 e. The molecule has 0 amide bonds. The van der Waals surface area contributed by atoms with Crippen LogP contribution in [0.25, 0.3) is 0 Å². The van der Waals surface area contributed by atoms with Crippen molar-refractivity contribution < 1.29 is 9.13 Å². The zero-order valence-corrected chi connectivity index (χ0v) is 12.3. The SMILES string of the molecule is CCC(NC1CCOc2ccc(F)cc21)c1nccn1C. The Hall–Kier alpha value is -1.88. The van der Waals surface area contributed by atoms with Gasteiger partial charge < -0.3 is 14.6 Å². The summed E-state index contributed by atoms with van der Waals surface area (Å²) in [7, 11) is 1.99. The second kappa shape index (κ2) is 5.85. The van der Waals surface area contributed by atoms with Gasteiger partial charge in [-0.2, -0.15) is 0 Å². The largest absolute Gasteiger partial charge is 0.493 e. The van der Waals surface area contributed by atoms with Crippen molar-refractivity contribution in [3.63, 3.8) is 0 Å². The number of halogens is 1. The van der Waals surface area contributed by atoms with E-state index >= 15 is 0 Å². The van der Waals surface area contributed by atoms with Gasteiger partial charge in [-0.1, -0.05) is 6.92 Å². The van der Waals surface area contributed by atoms with Gasteiger partial charge >= 0.3 is 0 Å². The molecule has 0 fully saturated rings. The smallest absolute Gasteiger partial charge is 0.125 e. The lowest BCUT2D eigenvalue weighted by Gasteiger charge is -2.30. The highest BCUT2D eigenvalue weighted by Gasteiger charge is 2.25. The molecule has 0 spiro atoms. The summed E-state index contributed by atoms with van der Waals surface area (Å²) in [6.07, 6.45) is 5.50. The fourth-order valence-electron chi connectivity index (χ4n) is 2.87. The Labute approximate surface area is 124 Å². The van der Waals surface area contributed by atoms with E-state index in [1.165, 1.54) is 6.07 Å². The van der Waals surface area contributed by atoms with Gasteiger partial charge in [-0.05, 0) is 24.6 Å². The van der Waals surface area contributed by atoms with Crippen LogP contribution in [0.3, 0.4) is 0 Å². The Morgan fingerprint density at radius 1 is 1.52 bits per heavy atom. The molecule has 2 unspecified atom stereocenters. The lowest BCUT2D eigenvalue weighted by Crippen LogP contribution is -2.31. The lowest BCUT2D eigenvalue weighted by molar-refractivity contribution is 0.240. The molecule has 112 valence electrons. The summed E-state index contributed by atoms with van der Waals surface area (Å²) < 4.78 is 21.2. The minimum atomic E-state index is -0.226. The number of fused-ring (bicyclic) bond motifs is 1. The monoisotopic (exact) mass is 289 g/mol. The van der Waals surface area contributed by atoms with Crippen LogP contribution in [0.1, 0.15) is 43.2 Å². The number of imidazole rings is 1. The molecule has 1 N–H and O–H groups in total. The van der Waals surface area contributed by atoms with Crippen molar-refractivity contribution in [3.05, 3.63) is 47.8 Å². The zero-order valence-electron chi connectivity index (χ0n) is 12.3. The van der Waals surface area contributed by atoms with Gasteiger partial charge in [-0.15, -0.1) is 0 Å². The molecular weight excluding hydrogens is 269 g/mol. The third-order valence-corrected chi connectivity index (χ3v) is 3.99. The Kier molecular flexibility index (Phi) is 3.92. The Balaban J connectivity index is 1.85. The van der Waals surface area contributed by atoms with Crippen molar-refractivity contribution in [1.29, 1.82) is 0 Å². The maximum atomic E-state index is 13.5.